The quantitative estimate of drug-likeness (QED) is 0.812. The number of carbonyl (C=O) groups excluding carboxylic acids is 1. The summed E-state index contributed by atoms with van der Waals surface area (Å²) in [4.78, 5) is 11.9. The maximum atomic E-state index is 11.9. The molecule has 3 nitrogen and oxygen atoms in total. The number of benzene rings is 1. The van der Waals surface area contributed by atoms with Gasteiger partial charge < -0.3 is 11.1 Å². The molecule has 1 amide bonds. The van der Waals surface area contributed by atoms with E-state index in [1.165, 1.54) is 5.56 Å². The van der Waals surface area contributed by atoms with Crippen molar-refractivity contribution in [2.24, 2.45) is 11.7 Å². The summed E-state index contributed by atoms with van der Waals surface area (Å²) in [5.74, 6) is 0.595. The zero-order valence-corrected chi connectivity index (χ0v) is 11.6. The summed E-state index contributed by atoms with van der Waals surface area (Å²) >= 11 is 0. The Morgan fingerprint density at radius 2 is 1.83 bits per heavy atom. The van der Waals surface area contributed by atoms with Crippen molar-refractivity contribution in [3.8, 4) is 0 Å². The van der Waals surface area contributed by atoms with E-state index in [0.29, 0.717) is 12.5 Å². The van der Waals surface area contributed by atoms with Crippen LogP contribution in [-0.2, 0) is 4.79 Å². The van der Waals surface area contributed by atoms with Crippen LogP contribution < -0.4 is 11.1 Å². The van der Waals surface area contributed by atoms with Crippen LogP contribution in [0.1, 0.15) is 45.1 Å². The standard InChI is InChI=1S/C15H24N2O/c1-11(2)13-6-8-14(9-7-13)17-15(18)12(3)5-4-10-16/h6-9,11-12H,4-5,10,16H2,1-3H3,(H,17,18). The monoisotopic (exact) mass is 248 g/mol. The van der Waals surface area contributed by atoms with E-state index < -0.39 is 0 Å². The van der Waals surface area contributed by atoms with Crippen molar-refractivity contribution >= 4 is 11.6 Å². The highest BCUT2D eigenvalue weighted by Gasteiger charge is 2.12. The van der Waals surface area contributed by atoms with E-state index in [1.807, 2.05) is 19.1 Å². The van der Waals surface area contributed by atoms with Crippen molar-refractivity contribution in [1.82, 2.24) is 0 Å². The number of amides is 1. The average molecular weight is 248 g/mol. The minimum Gasteiger partial charge on any atom is -0.330 e. The van der Waals surface area contributed by atoms with Crippen LogP contribution in [0.25, 0.3) is 0 Å². The van der Waals surface area contributed by atoms with Gasteiger partial charge in [0.25, 0.3) is 0 Å². The molecular weight excluding hydrogens is 224 g/mol. The van der Waals surface area contributed by atoms with Crippen molar-refractivity contribution in [2.75, 3.05) is 11.9 Å². The first-order valence-electron chi connectivity index (χ1n) is 6.65. The van der Waals surface area contributed by atoms with Crippen LogP contribution in [0.5, 0.6) is 0 Å². The third-order valence-corrected chi connectivity index (χ3v) is 3.13. The van der Waals surface area contributed by atoms with E-state index in [0.717, 1.165) is 18.5 Å². The molecule has 100 valence electrons. The van der Waals surface area contributed by atoms with E-state index in [-0.39, 0.29) is 11.8 Å². The summed E-state index contributed by atoms with van der Waals surface area (Å²) in [7, 11) is 0. The molecule has 0 saturated heterocycles. The summed E-state index contributed by atoms with van der Waals surface area (Å²) < 4.78 is 0. The largest absolute Gasteiger partial charge is 0.330 e. The molecule has 1 atom stereocenters. The molecule has 0 aromatic heterocycles. The van der Waals surface area contributed by atoms with Gasteiger partial charge >= 0.3 is 0 Å². The summed E-state index contributed by atoms with van der Waals surface area (Å²) in [6.07, 6.45) is 1.73. The van der Waals surface area contributed by atoms with Gasteiger partial charge in [0, 0.05) is 11.6 Å². The fourth-order valence-corrected chi connectivity index (χ4v) is 1.77. The third kappa shape index (κ3) is 4.49. The molecular formula is C15H24N2O. The highest BCUT2D eigenvalue weighted by Crippen LogP contribution is 2.18. The first-order valence-corrected chi connectivity index (χ1v) is 6.65. The Hall–Kier alpha value is -1.35. The molecule has 0 spiro atoms. The molecule has 3 heteroatoms. The fraction of sp³-hybridized carbons (Fsp3) is 0.533. The molecule has 1 rings (SSSR count). The maximum absolute atomic E-state index is 11.9. The molecule has 1 unspecified atom stereocenters. The highest BCUT2D eigenvalue weighted by molar-refractivity contribution is 5.92. The Labute approximate surface area is 110 Å². The van der Waals surface area contributed by atoms with Gasteiger partial charge in [0.15, 0.2) is 0 Å². The van der Waals surface area contributed by atoms with Gasteiger partial charge in [-0.2, -0.15) is 0 Å². The zero-order valence-electron chi connectivity index (χ0n) is 11.6. The molecule has 0 fully saturated rings. The Balaban J connectivity index is 2.53. The molecule has 0 saturated carbocycles. The average Bonchev–Trinajstić information content (AvgIpc) is 2.36. The van der Waals surface area contributed by atoms with Crippen molar-refractivity contribution in [1.29, 1.82) is 0 Å². The highest BCUT2D eigenvalue weighted by atomic mass is 16.1. The van der Waals surface area contributed by atoms with Gasteiger partial charge in [-0.3, -0.25) is 4.79 Å². The number of hydrogen-bond acceptors (Lipinski definition) is 2. The molecule has 0 bridgehead atoms. The summed E-state index contributed by atoms with van der Waals surface area (Å²) in [6, 6.07) is 8.04. The number of hydrogen-bond donors (Lipinski definition) is 2. The summed E-state index contributed by atoms with van der Waals surface area (Å²) in [6.45, 7) is 6.89. The lowest BCUT2D eigenvalue weighted by molar-refractivity contribution is -0.119. The van der Waals surface area contributed by atoms with E-state index >= 15 is 0 Å². The van der Waals surface area contributed by atoms with Crippen molar-refractivity contribution in [3.63, 3.8) is 0 Å². The molecule has 0 aliphatic heterocycles. The van der Waals surface area contributed by atoms with Crippen LogP contribution in [0.15, 0.2) is 24.3 Å². The van der Waals surface area contributed by atoms with Crippen LogP contribution >= 0.6 is 0 Å². The fourth-order valence-electron chi connectivity index (χ4n) is 1.77. The van der Waals surface area contributed by atoms with Crippen LogP contribution in [0.4, 0.5) is 5.69 Å². The second-order valence-corrected chi connectivity index (χ2v) is 5.10. The third-order valence-electron chi connectivity index (χ3n) is 3.13. The second-order valence-electron chi connectivity index (χ2n) is 5.10. The van der Waals surface area contributed by atoms with E-state index in [4.69, 9.17) is 5.73 Å². The number of nitrogens with one attached hydrogen (secondary N) is 1. The van der Waals surface area contributed by atoms with Gasteiger partial charge in [-0.15, -0.1) is 0 Å². The molecule has 0 heterocycles. The number of anilines is 1. The minimum absolute atomic E-state index is 0.0123. The molecule has 0 radical (unpaired) electrons. The maximum Gasteiger partial charge on any atom is 0.227 e. The number of carbonyl (C=O) groups is 1. The molecule has 18 heavy (non-hydrogen) atoms. The van der Waals surface area contributed by atoms with Crippen LogP contribution in [0, 0.1) is 5.92 Å². The van der Waals surface area contributed by atoms with E-state index in [1.54, 1.807) is 0 Å². The molecule has 0 aliphatic carbocycles. The second kappa shape index (κ2) is 7.17. The normalized spacial score (nSPS) is 12.5. The lowest BCUT2D eigenvalue weighted by atomic mass is 10.0. The number of rotatable bonds is 6. The smallest absolute Gasteiger partial charge is 0.227 e. The lowest BCUT2D eigenvalue weighted by Gasteiger charge is -2.12. The molecule has 1 aromatic rings. The van der Waals surface area contributed by atoms with Gasteiger partial charge in [0.2, 0.25) is 5.91 Å². The van der Waals surface area contributed by atoms with E-state index in [9.17, 15) is 4.79 Å². The first-order chi connectivity index (χ1) is 8.54. The first kappa shape index (κ1) is 14.7. The Kier molecular flexibility index (Phi) is 5.86. The van der Waals surface area contributed by atoms with Crippen molar-refractivity contribution in [2.45, 2.75) is 39.5 Å². The van der Waals surface area contributed by atoms with E-state index in [2.05, 4.69) is 31.3 Å². The van der Waals surface area contributed by atoms with Crippen molar-refractivity contribution < 1.29 is 4.79 Å². The van der Waals surface area contributed by atoms with Crippen molar-refractivity contribution in [3.05, 3.63) is 29.8 Å². The molecule has 3 N–H and O–H groups in total. The lowest BCUT2D eigenvalue weighted by Crippen LogP contribution is -2.21. The summed E-state index contributed by atoms with van der Waals surface area (Å²) in [5.41, 5.74) is 7.59. The van der Waals surface area contributed by atoms with Crippen LogP contribution in [0.3, 0.4) is 0 Å². The Bertz CT molecular complexity index is 371. The van der Waals surface area contributed by atoms with Gasteiger partial charge in [0.1, 0.15) is 0 Å². The summed E-state index contributed by atoms with van der Waals surface area (Å²) in [5, 5.41) is 2.94. The molecule has 0 aliphatic rings. The van der Waals surface area contributed by atoms with Gasteiger partial charge in [0.05, 0.1) is 0 Å². The van der Waals surface area contributed by atoms with Gasteiger partial charge in [-0.05, 0) is 43.0 Å². The van der Waals surface area contributed by atoms with Gasteiger partial charge in [-0.25, -0.2) is 0 Å². The predicted molar refractivity (Wildman–Crippen MR) is 76.6 cm³/mol. The van der Waals surface area contributed by atoms with Gasteiger partial charge in [-0.1, -0.05) is 32.9 Å². The zero-order chi connectivity index (χ0) is 13.5. The number of nitrogens with two attached hydrogens (primary N) is 1. The Morgan fingerprint density at radius 1 is 1.22 bits per heavy atom. The minimum atomic E-state index is 0.0123. The predicted octanol–water partition coefficient (Wildman–Crippen LogP) is 3.12. The SMILES string of the molecule is CC(CCCN)C(=O)Nc1ccc(C(C)C)cc1. The Morgan fingerprint density at radius 3 is 2.33 bits per heavy atom. The topological polar surface area (TPSA) is 55.1 Å². The van der Waals surface area contributed by atoms with Crippen LogP contribution in [0.2, 0.25) is 0 Å². The van der Waals surface area contributed by atoms with Crippen LogP contribution in [-0.4, -0.2) is 12.5 Å². The molecule has 1 aromatic carbocycles.